The summed E-state index contributed by atoms with van der Waals surface area (Å²) in [5.74, 6) is 5.11. The largest absolute Gasteiger partial charge is 0.494 e. The lowest BCUT2D eigenvalue weighted by atomic mass is 9.98. The molecule has 2 rings (SSSR count). The molecule has 1 unspecified atom stereocenters. The first kappa shape index (κ1) is 15.4. The molecule has 112 valence electrons. The number of rotatable bonds is 6. The van der Waals surface area contributed by atoms with Gasteiger partial charge in [-0.25, -0.2) is 8.78 Å². The van der Waals surface area contributed by atoms with Crippen LogP contribution in [0.2, 0.25) is 0 Å². The summed E-state index contributed by atoms with van der Waals surface area (Å²) in [6.45, 7) is 2.42. The van der Waals surface area contributed by atoms with Crippen LogP contribution in [0.25, 0.3) is 0 Å². The van der Waals surface area contributed by atoms with Crippen LogP contribution in [-0.2, 0) is 6.42 Å². The first-order valence-corrected chi connectivity index (χ1v) is 6.77. The average Bonchev–Trinajstić information content (AvgIpc) is 2.45. The third-order valence-corrected chi connectivity index (χ3v) is 3.16. The fourth-order valence-corrected chi connectivity index (χ4v) is 2.28. The molecule has 0 aliphatic heterocycles. The molecular weight excluding hydrogens is 274 g/mol. The molecule has 2 aromatic rings. The minimum Gasteiger partial charge on any atom is -0.494 e. The molecule has 0 saturated carbocycles. The van der Waals surface area contributed by atoms with E-state index in [9.17, 15) is 8.78 Å². The molecule has 0 aliphatic carbocycles. The Morgan fingerprint density at radius 3 is 2.43 bits per heavy atom. The standard InChI is InChI=1S/C16H18F2N2O/c1-2-21-16-6-4-3-5-14(16)15(20-19)9-11-7-12(17)10-13(18)8-11/h3-8,10,15,20H,2,9,19H2,1H3. The number of halogens is 2. The molecule has 2 aromatic carbocycles. The van der Waals surface area contributed by atoms with Gasteiger partial charge in [0.25, 0.3) is 0 Å². The van der Waals surface area contributed by atoms with E-state index in [-0.39, 0.29) is 6.04 Å². The van der Waals surface area contributed by atoms with E-state index in [1.54, 1.807) is 0 Å². The first-order chi connectivity index (χ1) is 10.1. The van der Waals surface area contributed by atoms with E-state index in [1.165, 1.54) is 12.1 Å². The molecule has 21 heavy (non-hydrogen) atoms. The maximum absolute atomic E-state index is 13.3. The van der Waals surface area contributed by atoms with Crippen molar-refractivity contribution in [1.82, 2.24) is 5.43 Å². The minimum absolute atomic E-state index is 0.297. The zero-order valence-corrected chi connectivity index (χ0v) is 11.8. The van der Waals surface area contributed by atoms with Gasteiger partial charge in [-0.05, 0) is 37.1 Å². The van der Waals surface area contributed by atoms with E-state index in [1.807, 2.05) is 31.2 Å². The molecule has 5 heteroatoms. The molecule has 0 radical (unpaired) electrons. The topological polar surface area (TPSA) is 47.3 Å². The monoisotopic (exact) mass is 292 g/mol. The zero-order chi connectivity index (χ0) is 15.2. The van der Waals surface area contributed by atoms with Crippen LogP contribution < -0.4 is 16.0 Å². The van der Waals surface area contributed by atoms with Crippen LogP contribution in [0.5, 0.6) is 5.75 Å². The van der Waals surface area contributed by atoms with Crippen LogP contribution in [0, 0.1) is 11.6 Å². The van der Waals surface area contributed by atoms with Crippen LogP contribution in [0.1, 0.15) is 24.1 Å². The van der Waals surface area contributed by atoms with Gasteiger partial charge in [0.05, 0.1) is 12.6 Å². The van der Waals surface area contributed by atoms with Gasteiger partial charge in [-0.15, -0.1) is 0 Å². The third-order valence-electron chi connectivity index (χ3n) is 3.16. The lowest BCUT2D eigenvalue weighted by Crippen LogP contribution is -2.30. The van der Waals surface area contributed by atoms with Gasteiger partial charge in [0.1, 0.15) is 17.4 Å². The summed E-state index contributed by atoms with van der Waals surface area (Å²) >= 11 is 0. The molecule has 0 aliphatic rings. The fourth-order valence-electron chi connectivity index (χ4n) is 2.28. The molecule has 0 amide bonds. The summed E-state index contributed by atoms with van der Waals surface area (Å²) in [5, 5.41) is 0. The van der Waals surface area contributed by atoms with Gasteiger partial charge in [-0.1, -0.05) is 18.2 Å². The maximum atomic E-state index is 13.3. The van der Waals surface area contributed by atoms with Gasteiger partial charge in [-0.3, -0.25) is 11.3 Å². The maximum Gasteiger partial charge on any atom is 0.126 e. The first-order valence-electron chi connectivity index (χ1n) is 6.77. The van der Waals surface area contributed by atoms with Crippen LogP contribution in [0.15, 0.2) is 42.5 Å². The van der Waals surface area contributed by atoms with Crippen molar-refractivity contribution in [2.45, 2.75) is 19.4 Å². The number of para-hydroxylation sites is 1. The van der Waals surface area contributed by atoms with Crippen molar-refractivity contribution >= 4 is 0 Å². The summed E-state index contributed by atoms with van der Waals surface area (Å²) in [4.78, 5) is 0. The van der Waals surface area contributed by atoms with Gasteiger partial charge < -0.3 is 4.74 Å². The Kier molecular flexibility index (Phi) is 5.25. The van der Waals surface area contributed by atoms with Crippen LogP contribution in [-0.4, -0.2) is 6.61 Å². The zero-order valence-electron chi connectivity index (χ0n) is 11.8. The summed E-state index contributed by atoms with van der Waals surface area (Å²) in [6, 6.07) is 10.6. The lowest BCUT2D eigenvalue weighted by molar-refractivity contribution is 0.331. The van der Waals surface area contributed by atoms with E-state index in [4.69, 9.17) is 10.6 Å². The summed E-state index contributed by atoms with van der Waals surface area (Å²) < 4.78 is 32.1. The average molecular weight is 292 g/mol. The second-order valence-electron chi connectivity index (χ2n) is 4.67. The number of benzene rings is 2. The molecule has 1 atom stereocenters. The second-order valence-corrected chi connectivity index (χ2v) is 4.67. The number of nitrogens with two attached hydrogens (primary N) is 1. The van der Waals surface area contributed by atoms with Crippen molar-refractivity contribution in [1.29, 1.82) is 0 Å². The molecule has 3 nitrogen and oxygen atoms in total. The molecule has 0 bridgehead atoms. The van der Waals surface area contributed by atoms with Crippen molar-refractivity contribution in [2.24, 2.45) is 5.84 Å². The normalized spacial score (nSPS) is 12.2. The van der Waals surface area contributed by atoms with E-state index in [0.29, 0.717) is 24.3 Å². The van der Waals surface area contributed by atoms with Crippen molar-refractivity contribution in [3.63, 3.8) is 0 Å². The summed E-state index contributed by atoms with van der Waals surface area (Å²) in [6.07, 6.45) is 0.356. The van der Waals surface area contributed by atoms with Crippen LogP contribution in [0.4, 0.5) is 8.78 Å². The highest BCUT2D eigenvalue weighted by molar-refractivity contribution is 5.37. The smallest absolute Gasteiger partial charge is 0.126 e. The fraction of sp³-hybridized carbons (Fsp3) is 0.250. The van der Waals surface area contributed by atoms with Crippen LogP contribution in [0.3, 0.4) is 0 Å². The number of hydrogen-bond donors (Lipinski definition) is 2. The van der Waals surface area contributed by atoms with Gasteiger partial charge in [-0.2, -0.15) is 0 Å². The predicted molar refractivity (Wildman–Crippen MR) is 77.7 cm³/mol. The SMILES string of the molecule is CCOc1ccccc1C(Cc1cc(F)cc(F)c1)NN. The van der Waals surface area contributed by atoms with E-state index in [0.717, 1.165) is 11.6 Å². The van der Waals surface area contributed by atoms with Crippen molar-refractivity contribution in [3.05, 3.63) is 65.2 Å². The number of nitrogens with one attached hydrogen (secondary N) is 1. The summed E-state index contributed by atoms with van der Waals surface area (Å²) in [5.41, 5.74) is 4.06. The Morgan fingerprint density at radius 2 is 1.81 bits per heavy atom. The Bertz CT molecular complexity index is 584. The molecule has 0 fully saturated rings. The molecule has 3 N–H and O–H groups in total. The van der Waals surface area contributed by atoms with E-state index in [2.05, 4.69) is 5.43 Å². The number of hydrogen-bond acceptors (Lipinski definition) is 3. The quantitative estimate of drug-likeness (QED) is 0.635. The predicted octanol–water partition coefficient (Wildman–Crippen LogP) is 3.11. The highest BCUT2D eigenvalue weighted by Crippen LogP contribution is 2.27. The van der Waals surface area contributed by atoms with Crippen molar-refractivity contribution in [3.8, 4) is 5.75 Å². The molecule has 0 spiro atoms. The second kappa shape index (κ2) is 7.15. The number of ether oxygens (including phenoxy) is 1. The Balaban J connectivity index is 2.27. The van der Waals surface area contributed by atoms with Crippen LogP contribution >= 0.6 is 0 Å². The van der Waals surface area contributed by atoms with Gasteiger partial charge >= 0.3 is 0 Å². The van der Waals surface area contributed by atoms with Crippen molar-refractivity contribution < 1.29 is 13.5 Å². The van der Waals surface area contributed by atoms with Gasteiger partial charge in [0.15, 0.2) is 0 Å². The van der Waals surface area contributed by atoms with Crippen molar-refractivity contribution in [2.75, 3.05) is 6.61 Å². The minimum atomic E-state index is -0.598. The summed E-state index contributed by atoms with van der Waals surface area (Å²) in [7, 11) is 0. The van der Waals surface area contributed by atoms with Gasteiger partial charge in [0, 0.05) is 11.6 Å². The molecule has 0 saturated heterocycles. The lowest BCUT2D eigenvalue weighted by Gasteiger charge is -2.19. The molecule has 0 heterocycles. The van der Waals surface area contributed by atoms with Gasteiger partial charge in [0.2, 0.25) is 0 Å². The highest BCUT2D eigenvalue weighted by Gasteiger charge is 2.16. The van der Waals surface area contributed by atoms with E-state index < -0.39 is 11.6 Å². The molecule has 0 aromatic heterocycles. The highest BCUT2D eigenvalue weighted by atomic mass is 19.1. The Labute approximate surface area is 122 Å². The Hall–Kier alpha value is -1.98. The van der Waals surface area contributed by atoms with E-state index >= 15 is 0 Å². The third kappa shape index (κ3) is 4.00. The Morgan fingerprint density at radius 1 is 1.14 bits per heavy atom. The molecular formula is C16H18F2N2O. The number of hydrazine groups is 1.